The van der Waals surface area contributed by atoms with Crippen molar-refractivity contribution in [2.45, 2.75) is 12.2 Å². The molecular weight excluding hydrogens is 222 g/mol. The van der Waals surface area contributed by atoms with Gasteiger partial charge in [0.2, 0.25) is 10.0 Å². The maximum atomic E-state index is 11.5. The molecule has 15 heavy (non-hydrogen) atoms. The Bertz CT molecular complexity index is 464. The summed E-state index contributed by atoms with van der Waals surface area (Å²) in [6, 6.07) is 1.44. The average molecular weight is 233 g/mol. The van der Waals surface area contributed by atoms with E-state index >= 15 is 0 Å². The zero-order chi connectivity index (χ0) is 11.6. The standard InChI is InChI=1S/C7H11N3O4S/c1-5(7(11)12)15(13,14)9-6-3-4-8-10(6)2/h3-5,9H,1-2H3,(H,11,12). The molecule has 1 unspecified atom stereocenters. The number of nitrogens with one attached hydrogen (secondary N) is 1. The minimum atomic E-state index is -3.92. The lowest BCUT2D eigenvalue weighted by molar-refractivity contribution is -0.136. The number of sulfonamides is 1. The fourth-order valence-electron chi connectivity index (χ4n) is 0.841. The first kappa shape index (κ1) is 11.5. The monoisotopic (exact) mass is 233 g/mol. The summed E-state index contributed by atoms with van der Waals surface area (Å²) in [5.74, 6) is -1.17. The van der Waals surface area contributed by atoms with Crippen molar-refractivity contribution in [3.05, 3.63) is 12.3 Å². The number of rotatable bonds is 4. The highest BCUT2D eigenvalue weighted by Crippen LogP contribution is 2.10. The third-order valence-electron chi connectivity index (χ3n) is 1.88. The van der Waals surface area contributed by atoms with Gasteiger partial charge < -0.3 is 5.11 Å². The van der Waals surface area contributed by atoms with E-state index in [1.165, 1.54) is 16.9 Å². The molecule has 0 amide bonds. The molecule has 7 nitrogen and oxygen atoms in total. The SMILES string of the molecule is CC(C(=O)O)S(=O)(=O)Nc1ccnn1C. The number of hydrogen-bond donors (Lipinski definition) is 2. The number of aliphatic carboxylic acids is 1. The fourth-order valence-corrected chi connectivity index (χ4v) is 1.77. The maximum Gasteiger partial charge on any atom is 0.323 e. The molecule has 2 N–H and O–H groups in total. The molecule has 84 valence electrons. The van der Waals surface area contributed by atoms with E-state index < -0.39 is 21.2 Å². The molecule has 1 aromatic rings. The normalized spacial score (nSPS) is 13.5. The summed E-state index contributed by atoms with van der Waals surface area (Å²) in [6.07, 6.45) is 1.41. The number of carboxylic acid groups (broad SMARTS) is 1. The zero-order valence-corrected chi connectivity index (χ0v) is 9.02. The van der Waals surface area contributed by atoms with E-state index in [1.807, 2.05) is 0 Å². The summed E-state index contributed by atoms with van der Waals surface area (Å²) >= 11 is 0. The highest BCUT2D eigenvalue weighted by molar-refractivity contribution is 7.94. The van der Waals surface area contributed by atoms with Crippen LogP contribution in [0.25, 0.3) is 0 Å². The van der Waals surface area contributed by atoms with E-state index in [0.29, 0.717) is 0 Å². The second-order valence-electron chi connectivity index (χ2n) is 2.97. The number of hydrogen-bond acceptors (Lipinski definition) is 4. The van der Waals surface area contributed by atoms with Gasteiger partial charge in [-0.2, -0.15) is 5.10 Å². The number of aromatic nitrogens is 2. The fraction of sp³-hybridized carbons (Fsp3) is 0.429. The molecule has 0 aromatic carbocycles. The van der Waals surface area contributed by atoms with Crippen LogP contribution in [-0.2, 0) is 21.9 Å². The van der Waals surface area contributed by atoms with Gasteiger partial charge in [-0.15, -0.1) is 0 Å². The molecular formula is C7H11N3O4S. The first-order valence-electron chi connectivity index (χ1n) is 4.07. The number of aryl methyl sites for hydroxylation is 1. The molecule has 1 heterocycles. The van der Waals surface area contributed by atoms with Gasteiger partial charge in [-0.1, -0.05) is 0 Å². The Morgan fingerprint density at radius 3 is 2.67 bits per heavy atom. The average Bonchev–Trinajstić information content (AvgIpc) is 2.50. The Morgan fingerprint density at radius 1 is 1.67 bits per heavy atom. The summed E-state index contributed by atoms with van der Waals surface area (Å²) in [5, 5.41) is 10.8. The van der Waals surface area contributed by atoms with E-state index in [9.17, 15) is 13.2 Å². The second-order valence-corrected chi connectivity index (χ2v) is 4.97. The van der Waals surface area contributed by atoms with Gasteiger partial charge in [-0.25, -0.2) is 8.42 Å². The smallest absolute Gasteiger partial charge is 0.323 e. The minimum absolute atomic E-state index is 0.225. The van der Waals surface area contributed by atoms with Crippen molar-refractivity contribution in [2.24, 2.45) is 7.05 Å². The number of carboxylic acids is 1. The van der Waals surface area contributed by atoms with Crippen LogP contribution in [0.2, 0.25) is 0 Å². The lowest BCUT2D eigenvalue weighted by Gasteiger charge is -2.10. The molecule has 0 fully saturated rings. The van der Waals surface area contributed by atoms with E-state index in [2.05, 4.69) is 9.82 Å². The van der Waals surface area contributed by atoms with Gasteiger partial charge in [0.15, 0.2) is 5.25 Å². The largest absolute Gasteiger partial charge is 0.480 e. The van der Waals surface area contributed by atoms with Crippen molar-refractivity contribution >= 4 is 21.8 Å². The molecule has 8 heteroatoms. The molecule has 0 radical (unpaired) electrons. The Morgan fingerprint density at radius 2 is 2.27 bits per heavy atom. The van der Waals surface area contributed by atoms with Gasteiger partial charge in [-0.05, 0) is 6.92 Å². The quantitative estimate of drug-likeness (QED) is 0.739. The molecule has 0 aliphatic carbocycles. The Balaban J connectivity index is 2.91. The molecule has 0 saturated heterocycles. The van der Waals surface area contributed by atoms with Crippen molar-refractivity contribution in [1.82, 2.24) is 9.78 Å². The Kier molecular flexibility index (Phi) is 2.98. The van der Waals surface area contributed by atoms with E-state index in [1.54, 1.807) is 7.05 Å². The van der Waals surface area contributed by atoms with Crippen molar-refractivity contribution in [1.29, 1.82) is 0 Å². The molecule has 0 spiro atoms. The molecule has 0 bridgehead atoms. The van der Waals surface area contributed by atoms with Gasteiger partial charge >= 0.3 is 5.97 Å². The van der Waals surface area contributed by atoms with Crippen LogP contribution >= 0.6 is 0 Å². The van der Waals surface area contributed by atoms with E-state index in [4.69, 9.17) is 5.11 Å². The third kappa shape index (κ3) is 2.46. The predicted molar refractivity (Wildman–Crippen MR) is 52.8 cm³/mol. The highest BCUT2D eigenvalue weighted by atomic mass is 32.2. The van der Waals surface area contributed by atoms with Crippen LogP contribution in [0.4, 0.5) is 5.82 Å². The first-order valence-corrected chi connectivity index (χ1v) is 5.61. The van der Waals surface area contributed by atoms with Crippen LogP contribution in [0.15, 0.2) is 12.3 Å². The summed E-state index contributed by atoms with van der Waals surface area (Å²) in [4.78, 5) is 10.5. The Labute approximate surface area is 86.8 Å². The van der Waals surface area contributed by atoms with Crippen LogP contribution in [0, 0.1) is 0 Å². The highest BCUT2D eigenvalue weighted by Gasteiger charge is 2.28. The van der Waals surface area contributed by atoms with Crippen molar-refractivity contribution in [3.63, 3.8) is 0 Å². The number of carbonyl (C=O) groups is 1. The first-order chi connectivity index (χ1) is 6.84. The van der Waals surface area contributed by atoms with Crippen molar-refractivity contribution in [3.8, 4) is 0 Å². The third-order valence-corrected chi connectivity index (χ3v) is 3.51. The summed E-state index contributed by atoms with van der Waals surface area (Å²) < 4.78 is 26.4. The topological polar surface area (TPSA) is 101 Å². The predicted octanol–water partition coefficient (Wildman–Crippen LogP) is -0.365. The summed E-state index contributed by atoms with van der Waals surface area (Å²) in [6.45, 7) is 1.10. The molecule has 1 atom stereocenters. The van der Waals surface area contributed by atoms with Crippen LogP contribution in [0.1, 0.15) is 6.92 Å². The van der Waals surface area contributed by atoms with E-state index in [-0.39, 0.29) is 5.82 Å². The van der Waals surface area contributed by atoms with E-state index in [0.717, 1.165) is 6.92 Å². The lowest BCUT2D eigenvalue weighted by atomic mass is 10.5. The van der Waals surface area contributed by atoms with Crippen LogP contribution < -0.4 is 4.72 Å². The van der Waals surface area contributed by atoms with Crippen molar-refractivity contribution < 1.29 is 18.3 Å². The Hall–Kier alpha value is -1.57. The van der Waals surface area contributed by atoms with Crippen LogP contribution in [0.3, 0.4) is 0 Å². The zero-order valence-electron chi connectivity index (χ0n) is 8.21. The molecule has 0 aliphatic rings. The van der Waals surface area contributed by atoms with Gasteiger partial charge in [-0.3, -0.25) is 14.2 Å². The van der Waals surface area contributed by atoms with Crippen molar-refractivity contribution in [2.75, 3.05) is 4.72 Å². The molecule has 0 aliphatic heterocycles. The molecule has 0 saturated carbocycles. The van der Waals surface area contributed by atoms with Gasteiger partial charge in [0.25, 0.3) is 0 Å². The van der Waals surface area contributed by atoms with Gasteiger partial charge in [0.05, 0.1) is 6.20 Å². The summed E-state index contributed by atoms with van der Waals surface area (Å²) in [7, 11) is -2.37. The van der Waals surface area contributed by atoms with Gasteiger partial charge in [0.1, 0.15) is 5.82 Å². The summed E-state index contributed by atoms with van der Waals surface area (Å²) in [5.41, 5.74) is 0. The lowest BCUT2D eigenvalue weighted by Crippen LogP contribution is -2.32. The van der Waals surface area contributed by atoms with Crippen LogP contribution in [-0.4, -0.2) is 34.5 Å². The minimum Gasteiger partial charge on any atom is -0.480 e. The molecule has 1 rings (SSSR count). The van der Waals surface area contributed by atoms with Gasteiger partial charge in [0, 0.05) is 13.1 Å². The maximum absolute atomic E-state index is 11.5. The second kappa shape index (κ2) is 3.89. The van der Waals surface area contributed by atoms with Crippen LogP contribution in [0.5, 0.6) is 0 Å². The molecule has 1 aromatic heterocycles. The number of nitrogens with zero attached hydrogens (tertiary/aromatic N) is 2. The number of anilines is 1.